The monoisotopic (exact) mass is 2010 g/mol. The summed E-state index contributed by atoms with van der Waals surface area (Å²) < 4.78 is 165. The molecule has 0 unspecified atom stereocenters. The van der Waals surface area contributed by atoms with Crippen LogP contribution in [0.4, 0.5) is 68.2 Å². The molecule has 5 amide bonds. The summed E-state index contributed by atoms with van der Waals surface area (Å²) in [7, 11) is -24.8. The SMILES string of the molecule is Nc1ccc(S(=O)(=O)c2ccc(NC3=CC(=O)C(=O)N=C3Nc3ccc(S(=O)(=O)c4ccc(NC5=CC(=O)C(=O)N=C5Nc5ccc(S(=O)(=O)c6ccc(NC7=CC(=O)C(=O)N=C7Nc7ccc(S(=O)(=O)c8ccc(NC9=CC(=O)C(=O)N=C9Nc9ccc(S(=O)(=O)c%10ccc(NC%11=CC(=O)C(=O)N=C%11Nc%11ccc(S(=O)(=O)c%12ccc(N)cc%12)cc%11)cc%10)cc9)cc8)cc7)cc6)cc5)cc4)cc3)cc2)cc1. The molecule has 0 saturated heterocycles. The molecule has 0 radical (unpaired) electrons. The maximum atomic E-state index is 14.1. The molecule has 14 N–H and O–H groups in total. The van der Waals surface area contributed by atoms with E-state index in [4.69, 9.17) is 11.5 Å². The number of benzene rings is 12. The number of nitrogen functional groups attached to an aromatic ring is 2. The first kappa shape index (κ1) is 95.4. The first-order valence-corrected chi connectivity index (χ1v) is 50.4. The van der Waals surface area contributed by atoms with Crippen LogP contribution >= 0.6 is 0 Å². The molecule has 17 rings (SSSR count). The molecule has 0 fully saturated rings. The summed E-state index contributed by atoms with van der Waals surface area (Å²) in [6.45, 7) is 0. The molecular formula is C97H67N17O22S6. The number of dihydropyridines is 5. The Labute approximate surface area is 806 Å². The predicted octanol–water partition coefficient (Wildman–Crippen LogP) is 10.4. The molecule has 0 saturated carbocycles. The zero-order valence-electron chi connectivity index (χ0n) is 72.4. The van der Waals surface area contributed by atoms with Gasteiger partial charge < -0.3 is 64.6 Å². The third-order valence-corrected chi connectivity index (χ3v) is 32.2. The molecule has 0 atom stereocenters. The lowest BCUT2D eigenvalue weighted by atomic mass is 10.2. The summed E-state index contributed by atoms with van der Waals surface area (Å²) in [5.41, 5.74) is 14.6. The van der Waals surface area contributed by atoms with E-state index in [2.05, 4.69) is 78.1 Å². The highest BCUT2D eigenvalue weighted by Crippen LogP contribution is 2.35. The van der Waals surface area contributed by atoms with E-state index in [9.17, 15) is 98.5 Å². The van der Waals surface area contributed by atoms with Crippen LogP contribution in [-0.4, -0.2) is 138 Å². The van der Waals surface area contributed by atoms with Crippen molar-refractivity contribution in [1.82, 2.24) is 0 Å². The first-order valence-electron chi connectivity index (χ1n) is 41.5. The van der Waals surface area contributed by atoms with E-state index in [1.54, 1.807) is 0 Å². The Morgan fingerprint density at radius 3 is 0.380 bits per heavy atom. The minimum Gasteiger partial charge on any atom is -0.399 e. The van der Waals surface area contributed by atoms with Crippen LogP contribution in [0.25, 0.3) is 0 Å². The van der Waals surface area contributed by atoms with Crippen LogP contribution in [0.1, 0.15) is 0 Å². The Hall–Kier alpha value is -18.3. The second-order valence-electron chi connectivity index (χ2n) is 31.1. The lowest BCUT2D eigenvalue weighted by Gasteiger charge is -2.18. The van der Waals surface area contributed by atoms with Gasteiger partial charge in [-0.15, -0.1) is 0 Å². The van der Waals surface area contributed by atoms with Gasteiger partial charge in [0, 0.05) is 98.6 Å². The number of hydrogen-bond donors (Lipinski definition) is 12. The lowest BCUT2D eigenvalue weighted by Crippen LogP contribution is -2.29. The number of anilines is 12. The van der Waals surface area contributed by atoms with Gasteiger partial charge in [-0.25, -0.2) is 50.5 Å². The van der Waals surface area contributed by atoms with Gasteiger partial charge in [-0.2, -0.15) is 25.0 Å². The normalized spacial score (nSPS) is 14.9. The summed E-state index contributed by atoms with van der Waals surface area (Å²) in [4.78, 5) is 144. The second-order valence-corrected chi connectivity index (χ2v) is 42.8. The Morgan fingerprint density at radius 2 is 0.261 bits per heavy atom. The number of carbonyl (C=O) groups excluding carboxylic acids is 10. The zero-order chi connectivity index (χ0) is 100. The summed E-state index contributed by atoms with van der Waals surface area (Å²) in [5.74, 6) is -11.3. The molecule has 142 heavy (non-hydrogen) atoms. The van der Waals surface area contributed by atoms with Crippen molar-refractivity contribution in [3.63, 3.8) is 0 Å². The van der Waals surface area contributed by atoms with Gasteiger partial charge >= 0.3 is 29.5 Å². The van der Waals surface area contributed by atoms with E-state index in [0.717, 1.165) is 30.4 Å². The highest BCUT2D eigenvalue weighted by Gasteiger charge is 2.33. The van der Waals surface area contributed by atoms with E-state index in [0.29, 0.717) is 22.7 Å². The third kappa shape index (κ3) is 20.6. The number of carbonyl (C=O) groups is 10. The van der Waals surface area contributed by atoms with Crippen LogP contribution in [0.2, 0.25) is 0 Å². The van der Waals surface area contributed by atoms with Crippen molar-refractivity contribution >= 4 is 215 Å². The number of amides is 5. The molecule has 5 aliphatic rings. The molecule has 0 aromatic heterocycles. The number of nitrogens with zero attached hydrogens (tertiary/aromatic N) is 5. The largest absolute Gasteiger partial charge is 0.399 e. The fraction of sp³-hybridized carbons (Fsp3) is 0. The molecule has 5 aliphatic heterocycles. The van der Waals surface area contributed by atoms with Gasteiger partial charge in [0.15, 0.2) is 29.2 Å². The Bertz CT molecular complexity index is 7920. The number of sulfone groups is 6. The minimum atomic E-state index is -4.27. The molecule has 0 spiro atoms. The van der Waals surface area contributed by atoms with Gasteiger partial charge in [-0.3, -0.25) is 47.9 Å². The quantitative estimate of drug-likeness (QED) is 0.0168. The number of nitrogens with two attached hydrogens (primary N) is 2. The van der Waals surface area contributed by atoms with Crippen molar-refractivity contribution in [3.8, 4) is 0 Å². The number of hydrogen-bond acceptors (Lipinski definition) is 34. The van der Waals surface area contributed by atoms with E-state index < -0.39 is 117 Å². The van der Waals surface area contributed by atoms with Crippen LogP contribution in [0.3, 0.4) is 0 Å². The molecule has 12 aromatic rings. The smallest absolute Gasteiger partial charge is 0.319 e. The molecule has 0 bridgehead atoms. The number of nitrogens with one attached hydrogen (secondary N) is 10. The van der Waals surface area contributed by atoms with Gasteiger partial charge in [-0.05, 0) is 291 Å². The maximum absolute atomic E-state index is 14.1. The van der Waals surface area contributed by atoms with E-state index in [-0.39, 0.29) is 162 Å². The van der Waals surface area contributed by atoms with Crippen LogP contribution < -0.4 is 64.6 Å². The van der Waals surface area contributed by atoms with Gasteiger partial charge in [0.1, 0.15) is 0 Å². The molecule has 12 aromatic carbocycles. The van der Waals surface area contributed by atoms with Crippen molar-refractivity contribution in [1.29, 1.82) is 0 Å². The molecule has 39 nitrogen and oxygen atoms in total. The highest BCUT2D eigenvalue weighted by molar-refractivity contribution is 7.93. The number of ketones is 5. The van der Waals surface area contributed by atoms with Crippen LogP contribution in [0, 0.1) is 0 Å². The van der Waals surface area contributed by atoms with E-state index in [1.165, 1.54) is 291 Å². The Morgan fingerprint density at radius 1 is 0.155 bits per heavy atom. The Kier molecular flexibility index (Phi) is 25.8. The molecule has 5 heterocycles. The van der Waals surface area contributed by atoms with E-state index >= 15 is 0 Å². The lowest BCUT2D eigenvalue weighted by molar-refractivity contribution is -0.133. The topological polar surface area (TPSA) is 610 Å². The first-order chi connectivity index (χ1) is 67.7. The van der Waals surface area contributed by atoms with Crippen LogP contribution in [0.5, 0.6) is 0 Å². The molecule has 45 heteroatoms. The van der Waals surface area contributed by atoms with Crippen LogP contribution in [-0.2, 0) is 107 Å². The molecule has 708 valence electrons. The second kappa shape index (κ2) is 38.3. The molecule has 0 aliphatic carbocycles. The van der Waals surface area contributed by atoms with E-state index in [1.807, 2.05) is 0 Å². The molecular weight excluding hydrogens is 1950 g/mol. The standard InChI is InChI=1S/C97H67N17O22S6/c98-54-1-25-66(26-2-54)137(125,126)68-29-5-56(6-30-68)100-78-49-83(115)94(121)111-89(78)106-62-17-41-74(42-18-62)140(131,132)70-33-9-58(10-34-70)102-80-51-85(117)96(123)113-91(80)108-64-21-45-76(46-22-64)142(135,136)72-37-13-60(14-38-72)104-82-53-87(119)97(124)114-92(82)109-65-23-47-77(48-24-65)141(133,134)71-35-11-59(12-36-71)103-81-52-86(118)95(122)112-90(81)107-63-19-43-75(44-20-63)139(129,130)69-31-7-57(8-32-69)101-79-50-84(116)93(120)110-88(79)105-61-15-39-73(40-16-61)138(127,128)67-27-3-55(99)4-28-67/h1-53,100-104H,98-99H2,(H,105,110,120)(H,106,111,121)(H,107,112,122)(H,108,113,123)(H,109,114,124). The van der Waals surface area contributed by atoms with Crippen molar-refractivity contribution in [2.75, 3.05) is 64.6 Å². The van der Waals surface area contributed by atoms with Crippen LogP contribution in [0.15, 0.2) is 434 Å². The summed E-state index contributed by atoms with van der Waals surface area (Å²) in [6, 6.07) is 64.7. The minimum absolute atomic E-state index is 0.0149. The number of aliphatic imine (C=N–C) groups is 5. The van der Waals surface area contributed by atoms with Crippen molar-refractivity contribution in [2.24, 2.45) is 25.0 Å². The van der Waals surface area contributed by atoms with Gasteiger partial charge in [0.05, 0.1) is 87.2 Å². The van der Waals surface area contributed by atoms with Crippen molar-refractivity contribution in [2.45, 2.75) is 58.7 Å². The fourth-order valence-electron chi connectivity index (χ4n) is 14.1. The summed E-state index contributed by atoms with van der Waals surface area (Å²) in [5, 5.41) is 29.3. The summed E-state index contributed by atoms with van der Waals surface area (Å²) in [6.07, 6.45) is 4.87. The average molecular weight is 2020 g/mol. The zero-order valence-corrected chi connectivity index (χ0v) is 77.3. The van der Waals surface area contributed by atoms with Gasteiger partial charge in [0.2, 0.25) is 87.9 Å². The van der Waals surface area contributed by atoms with Gasteiger partial charge in [0.25, 0.3) is 0 Å². The number of rotatable bonds is 27. The highest BCUT2D eigenvalue weighted by atomic mass is 32.2. The van der Waals surface area contributed by atoms with Crippen molar-refractivity contribution < 1.29 is 98.5 Å². The maximum Gasteiger partial charge on any atom is 0.319 e. The average Bonchev–Trinajstić information content (AvgIpc) is 0.800. The summed E-state index contributed by atoms with van der Waals surface area (Å²) >= 11 is 0. The predicted molar refractivity (Wildman–Crippen MR) is 523 cm³/mol. The third-order valence-electron chi connectivity index (χ3n) is 21.5. The Balaban J connectivity index is 0.478. The fourth-order valence-corrected chi connectivity index (χ4v) is 21.7. The number of amidine groups is 5. The van der Waals surface area contributed by atoms with Gasteiger partial charge in [-0.1, -0.05) is 0 Å². The van der Waals surface area contributed by atoms with Crippen molar-refractivity contribution in [3.05, 3.63) is 350 Å².